The zero-order valence-corrected chi connectivity index (χ0v) is 9.89. The first kappa shape index (κ1) is 11.6. The molecule has 1 aromatic heterocycles. The van der Waals surface area contributed by atoms with Crippen molar-refractivity contribution < 1.29 is 4.79 Å². The molecule has 0 aliphatic carbocycles. The van der Waals surface area contributed by atoms with Crippen LogP contribution in [0, 0.1) is 5.92 Å². The van der Waals surface area contributed by atoms with Crippen molar-refractivity contribution in [1.29, 1.82) is 0 Å². The minimum absolute atomic E-state index is 0.00940. The lowest BCUT2D eigenvalue weighted by Crippen LogP contribution is -2.42. The highest BCUT2D eigenvalue weighted by Crippen LogP contribution is 2.24. The Bertz CT molecular complexity index is 409. The van der Waals surface area contributed by atoms with Gasteiger partial charge in [0.2, 0.25) is 5.91 Å². The van der Waals surface area contributed by atoms with E-state index in [1.165, 1.54) is 0 Å². The van der Waals surface area contributed by atoms with E-state index in [1.807, 2.05) is 4.90 Å². The summed E-state index contributed by atoms with van der Waals surface area (Å²) in [5.41, 5.74) is 5.79. The number of nitrogens with one attached hydrogen (secondary N) is 1. The van der Waals surface area contributed by atoms with Crippen molar-refractivity contribution in [2.45, 2.75) is 12.8 Å². The number of carbonyl (C=O) groups excluding carboxylic acids is 1. The van der Waals surface area contributed by atoms with Gasteiger partial charge in [0.15, 0.2) is 11.6 Å². The molecule has 0 aromatic carbocycles. The molecule has 1 unspecified atom stereocenters. The summed E-state index contributed by atoms with van der Waals surface area (Å²) in [7, 11) is 1.66. The van der Waals surface area contributed by atoms with Gasteiger partial charge in [0.25, 0.3) is 0 Å². The van der Waals surface area contributed by atoms with Crippen molar-refractivity contribution in [2.24, 2.45) is 5.92 Å². The first-order valence-corrected chi connectivity index (χ1v) is 5.75. The number of nitrogens with two attached hydrogens (primary N) is 1. The van der Waals surface area contributed by atoms with E-state index in [-0.39, 0.29) is 11.8 Å². The Morgan fingerprint density at radius 1 is 1.53 bits per heavy atom. The zero-order valence-electron chi connectivity index (χ0n) is 9.89. The summed E-state index contributed by atoms with van der Waals surface area (Å²) in [6, 6.07) is 0. The maximum Gasteiger partial charge on any atom is 0.224 e. The van der Waals surface area contributed by atoms with Crippen LogP contribution in [0.15, 0.2) is 12.4 Å². The van der Waals surface area contributed by atoms with Gasteiger partial charge in [0.1, 0.15) is 0 Å². The molecule has 2 heterocycles. The number of nitrogen functional groups attached to an aromatic ring is 1. The molecule has 1 amide bonds. The normalized spacial score (nSPS) is 20.1. The van der Waals surface area contributed by atoms with Crippen LogP contribution in [0.2, 0.25) is 0 Å². The number of carbonyl (C=O) groups is 1. The van der Waals surface area contributed by atoms with Crippen LogP contribution in [0.1, 0.15) is 12.8 Å². The third-order valence-electron chi connectivity index (χ3n) is 3.04. The number of aromatic nitrogens is 2. The van der Waals surface area contributed by atoms with E-state index in [2.05, 4.69) is 15.3 Å². The van der Waals surface area contributed by atoms with E-state index in [4.69, 9.17) is 5.73 Å². The summed E-state index contributed by atoms with van der Waals surface area (Å²) >= 11 is 0. The van der Waals surface area contributed by atoms with Gasteiger partial charge in [-0.3, -0.25) is 4.79 Å². The van der Waals surface area contributed by atoms with Crippen LogP contribution in [0.4, 0.5) is 11.6 Å². The number of hydrogen-bond donors (Lipinski definition) is 2. The van der Waals surface area contributed by atoms with Gasteiger partial charge in [0, 0.05) is 32.5 Å². The minimum atomic E-state index is 0.00940. The third-order valence-corrected chi connectivity index (χ3v) is 3.04. The van der Waals surface area contributed by atoms with Gasteiger partial charge in [-0.1, -0.05) is 0 Å². The highest BCUT2D eigenvalue weighted by molar-refractivity contribution is 5.79. The fourth-order valence-electron chi connectivity index (χ4n) is 2.17. The fourth-order valence-corrected chi connectivity index (χ4v) is 2.17. The summed E-state index contributed by atoms with van der Waals surface area (Å²) in [4.78, 5) is 21.9. The first-order chi connectivity index (χ1) is 8.22. The molecule has 1 saturated heterocycles. The number of amides is 1. The van der Waals surface area contributed by atoms with Gasteiger partial charge in [0.05, 0.1) is 5.92 Å². The molecule has 0 radical (unpaired) electrons. The highest BCUT2D eigenvalue weighted by Gasteiger charge is 2.26. The number of piperidine rings is 1. The van der Waals surface area contributed by atoms with Crippen molar-refractivity contribution in [3.05, 3.63) is 12.4 Å². The van der Waals surface area contributed by atoms with E-state index in [9.17, 15) is 4.79 Å². The van der Waals surface area contributed by atoms with Crippen LogP contribution >= 0.6 is 0 Å². The molecule has 92 valence electrons. The molecule has 6 heteroatoms. The largest absolute Gasteiger partial charge is 0.381 e. The second-order valence-electron chi connectivity index (χ2n) is 4.16. The molecule has 1 fully saturated rings. The Morgan fingerprint density at radius 2 is 2.29 bits per heavy atom. The lowest BCUT2D eigenvalue weighted by Gasteiger charge is -2.32. The molecule has 3 N–H and O–H groups in total. The molecule has 6 nitrogen and oxygen atoms in total. The topological polar surface area (TPSA) is 84.1 Å². The number of hydrogen-bond acceptors (Lipinski definition) is 5. The Kier molecular flexibility index (Phi) is 3.41. The van der Waals surface area contributed by atoms with Gasteiger partial charge >= 0.3 is 0 Å². The number of anilines is 2. The summed E-state index contributed by atoms with van der Waals surface area (Å²) < 4.78 is 0. The molecule has 1 aliphatic rings. The maximum absolute atomic E-state index is 11.6. The van der Waals surface area contributed by atoms with Crippen LogP contribution in [0.25, 0.3) is 0 Å². The first-order valence-electron chi connectivity index (χ1n) is 5.75. The summed E-state index contributed by atoms with van der Waals surface area (Å²) in [5, 5.41) is 2.69. The van der Waals surface area contributed by atoms with Crippen molar-refractivity contribution in [1.82, 2.24) is 15.3 Å². The van der Waals surface area contributed by atoms with E-state index in [0.29, 0.717) is 18.2 Å². The lowest BCUT2D eigenvalue weighted by atomic mass is 9.97. The predicted octanol–water partition coefficient (Wildman–Crippen LogP) is 0.0212. The molecule has 17 heavy (non-hydrogen) atoms. The monoisotopic (exact) mass is 235 g/mol. The quantitative estimate of drug-likeness (QED) is 0.755. The lowest BCUT2D eigenvalue weighted by molar-refractivity contribution is -0.124. The molecular formula is C11H17N5O. The Balaban J connectivity index is 2.12. The molecule has 1 aromatic rings. The van der Waals surface area contributed by atoms with Crippen molar-refractivity contribution >= 4 is 17.5 Å². The van der Waals surface area contributed by atoms with Gasteiger partial charge in [-0.05, 0) is 12.8 Å². The average molecular weight is 235 g/mol. The van der Waals surface area contributed by atoms with E-state index in [0.717, 1.165) is 19.4 Å². The smallest absolute Gasteiger partial charge is 0.224 e. The Morgan fingerprint density at radius 3 is 3.00 bits per heavy atom. The number of nitrogens with zero attached hydrogens (tertiary/aromatic N) is 3. The molecular weight excluding hydrogens is 218 g/mol. The fraction of sp³-hybridized carbons (Fsp3) is 0.545. The number of rotatable bonds is 2. The molecule has 0 spiro atoms. The van der Waals surface area contributed by atoms with Crippen molar-refractivity contribution in [3.8, 4) is 0 Å². The van der Waals surface area contributed by atoms with Gasteiger partial charge < -0.3 is 16.0 Å². The molecule has 1 aliphatic heterocycles. The van der Waals surface area contributed by atoms with Crippen LogP contribution < -0.4 is 16.0 Å². The standard InChI is InChI=1S/C11H17N5O/c1-13-11(17)8-3-2-6-16(7-8)10-9(12)14-4-5-15-10/h4-5,8H,2-3,6-7H2,1H3,(H2,12,14)(H,13,17). The van der Waals surface area contributed by atoms with E-state index < -0.39 is 0 Å². The van der Waals surface area contributed by atoms with Gasteiger partial charge in [-0.25, -0.2) is 9.97 Å². The minimum Gasteiger partial charge on any atom is -0.381 e. The second-order valence-corrected chi connectivity index (χ2v) is 4.16. The van der Waals surface area contributed by atoms with Crippen LogP contribution in [0.3, 0.4) is 0 Å². The van der Waals surface area contributed by atoms with Gasteiger partial charge in [-0.15, -0.1) is 0 Å². The van der Waals surface area contributed by atoms with E-state index in [1.54, 1.807) is 19.4 Å². The Hall–Kier alpha value is -1.85. The molecule has 2 rings (SSSR count). The second kappa shape index (κ2) is 4.99. The van der Waals surface area contributed by atoms with Crippen molar-refractivity contribution in [2.75, 3.05) is 30.8 Å². The zero-order chi connectivity index (χ0) is 12.3. The Labute approximate surface area is 100 Å². The summed E-state index contributed by atoms with van der Waals surface area (Å²) in [6.45, 7) is 1.53. The van der Waals surface area contributed by atoms with E-state index >= 15 is 0 Å². The maximum atomic E-state index is 11.6. The van der Waals surface area contributed by atoms with Crippen LogP contribution in [-0.2, 0) is 4.79 Å². The summed E-state index contributed by atoms with van der Waals surface area (Å²) in [6.07, 6.45) is 5.07. The van der Waals surface area contributed by atoms with Crippen LogP contribution in [-0.4, -0.2) is 36.0 Å². The molecule has 0 saturated carbocycles. The summed E-state index contributed by atoms with van der Waals surface area (Å²) in [5.74, 6) is 1.19. The molecule has 0 bridgehead atoms. The predicted molar refractivity (Wildman–Crippen MR) is 65.4 cm³/mol. The highest BCUT2D eigenvalue weighted by atomic mass is 16.1. The molecule has 1 atom stereocenters. The van der Waals surface area contributed by atoms with Crippen molar-refractivity contribution in [3.63, 3.8) is 0 Å². The SMILES string of the molecule is CNC(=O)C1CCCN(c2nccnc2N)C1. The third kappa shape index (κ3) is 2.46. The van der Waals surface area contributed by atoms with Crippen LogP contribution in [0.5, 0.6) is 0 Å². The van der Waals surface area contributed by atoms with Gasteiger partial charge in [-0.2, -0.15) is 0 Å². The average Bonchev–Trinajstić information content (AvgIpc) is 2.38.